The lowest BCUT2D eigenvalue weighted by Crippen LogP contribution is -2.41. The monoisotopic (exact) mass is 379 g/mol. The number of aromatic nitrogens is 2. The second-order valence-corrected chi connectivity index (χ2v) is 6.88. The number of hydrogen-bond donors (Lipinski definition) is 1. The van der Waals surface area contributed by atoms with Crippen LogP contribution in [-0.4, -0.2) is 64.2 Å². The third-order valence-electron chi connectivity index (χ3n) is 4.84. The van der Waals surface area contributed by atoms with Crippen LogP contribution in [0, 0.1) is 5.82 Å². The van der Waals surface area contributed by atoms with Crippen LogP contribution in [-0.2, 0) is 0 Å². The Morgan fingerprint density at radius 1 is 1.07 bits per heavy atom. The van der Waals surface area contributed by atoms with Crippen LogP contribution in [0.1, 0.15) is 5.56 Å². The van der Waals surface area contributed by atoms with Gasteiger partial charge in [0.2, 0.25) is 0 Å². The first-order valence-electron chi connectivity index (χ1n) is 9.21. The highest BCUT2D eigenvalue weighted by molar-refractivity contribution is 5.85. The van der Waals surface area contributed by atoms with Crippen LogP contribution >= 0.6 is 0 Å². The number of likely N-dealkylation sites (N-methyl/N-ethyl adjacent to an activating group) is 1. The molecule has 1 N–H and O–H groups in total. The van der Waals surface area contributed by atoms with E-state index in [4.69, 9.17) is 0 Å². The van der Waals surface area contributed by atoms with Gasteiger partial charge in [0.1, 0.15) is 0 Å². The van der Waals surface area contributed by atoms with E-state index in [-0.39, 0.29) is 0 Å². The summed E-state index contributed by atoms with van der Waals surface area (Å²) in [6.07, 6.45) is 3.34. The summed E-state index contributed by atoms with van der Waals surface area (Å²) < 4.78 is 16.0. The van der Waals surface area contributed by atoms with Gasteiger partial charge in [-0.25, -0.2) is 9.07 Å². The maximum absolute atomic E-state index is 14.3. The summed E-state index contributed by atoms with van der Waals surface area (Å²) in [5, 5.41) is 21.0. The first-order chi connectivity index (χ1) is 13.6. The van der Waals surface area contributed by atoms with Crippen molar-refractivity contribution in [3.8, 4) is 22.7 Å². The van der Waals surface area contributed by atoms with Crippen molar-refractivity contribution in [2.75, 3.05) is 33.2 Å². The summed E-state index contributed by atoms with van der Waals surface area (Å²) in [5.74, 6) is -1.09. The summed E-state index contributed by atoms with van der Waals surface area (Å²) in [6, 6.07) is 14.5. The van der Waals surface area contributed by atoms with Crippen molar-refractivity contribution in [3.63, 3.8) is 0 Å². The molecule has 3 aromatic rings. The predicted octanol–water partition coefficient (Wildman–Crippen LogP) is 2.97. The van der Waals surface area contributed by atoms with Crippen molar-refractivity contribution in [2.24, 2.45) is 5.10 Å². The summed E-state index contributed by atoms with van der Waals surface area (Å²) >= 11 is 0. The summed E-state index contributed by atoms with van der Waals surface area (Å²) in [6.45, 7) is 3.46. The lowest BCUT2D eigenvalue weighted by molar-refractivity contribution is 0.159. The fourth-order valence-corrected chi connectivity index (χ4v) is 3.12. The van der Waals surface area contributed by atoms with Gasteiger partial charge in [-0.1, -0.05) is 18.2 Å². The molecular weight excluding hydrogens is 357 g/mol. The molecule has 1 saturated heterocycles. The summed E-state index contributed by atoms with van der Waals surface area (Å²) in [7, 11) is 2.07. The van der Waals surface area contributed by atoms with Crippen LogP contribution in [0.25, 0.3) is 16.9 Å². The number of hydrogen-bond acceptors (Lipinski definition) is 5. The molecule has 0 saturated carbocycles. The van der Waals surface area contributed by atoms with Crippen molar-refractivity contribution < 1.29 is 9.50 Å². The molecule has 0 bridgehead atoms. The minimum atomic E-state index is -0.688. The molecule has 1 aliphatic heterocycles. The van der Waals surface area contributed by atoms with Gasteiger partial charge in [-0.2, -0.15) is 10.2 Å². The van der Waals surface area contributed by atoms with Crippen molar-refractivity contribution in [1.29, 1.82) is 0 Å². The second kappa shape index (κ2) is 7.82. The van der Waals surface area contributed by atoms with Crippen molar-refractivity contribution in [2.45, 2.75) is 0 Å². The molecule has 144 valence electrons. The molecule has 7 heteroatoms. The molecule has 28 heavy (non-hydrogen) atoms. The van der Waals surface area contributed by atoms with Crippen LogP contribution in [0.15, 0.2) is 59.8 Å². The van der Waals surface area contributed by atoms with E-state index in [9.17, 15) is 9.50 Å². The standard InChI is InChI=1S/C21H22FN5O/c1-25-9-11-26(12-10-25)23-15-17-13-16(14-19(22)21(17)28)20-7-8-27(24-20)18-5-3-2-4-6-18/h2-8,13-15,28H,9-12H2,1H3/b23-15+. The van der Waals surface area contributed by atoms with E-state index in [2.05, 4.69) is 22.1 Å². The first kappa shape index (κ1) is 18.2. The first-order valence-corrected chi connectivity index (χ1v) is 9.21. The molecule has 4 rings (SSSR count). The molecule has 0 unspecified atom stereocenters. The number of phenolic OH excluding ortho intramolecular Hbond substituents is 1. The zero-order valence-corrected chi connectivity index (χ0v) is 15.7. The zero-order chi connectivity index (χ0) is 19.5. The van der Waals surface area contributed by atoms with Gasteiger partial charge < -0.3 is 10.0 Å². The average molecular weight is 379 g/mol. The SMILES string of the molecule is CN1CCN(/N=C/c2cc(-c3ccn(-c4ccccc4)n3)cc(F)c2O)CC1. The average Bonchev–Trinajstić information content (AvgIpc) is 3.21. The maximum Gasteiger partial charge on any atom is 0.166 e. The van der Waals surface area contributed by atoms with E-state index in [0.29, 0.717) is 16.8 Å². The maximum atomic E-state index is 14.3. The zero-order valence-electron chi connectivity index (χ0n) is 15.7. The second-order valence-electron chi connectivity index (χ2n) is 6.88. The number of para-hydroxylation sites is 1. The quantitative estimate of drug-likeness (QED) is 0.708. The topological polar surface area (TPSA) is 56.9 Å². The minimum absolute atomic E-state index is 0.336. The van der Waals surface area contributed by atoms with Crippen molar-refractivity contribution in [1.82, 2.24) is 19.7 Å². The molecule has 0 atom stereocenters. The normalized spacial score (nSPS) is 15.4. The Labute approximate surface area is 163 Å². The van der Waals surface area contributed by atoms with Gasteiger partial charge in [0.05, 0.1) is 17.6 Å². The summed E-state index contributed by atoms with van der Waals surface area (Å²) in [5.41, 5.74) is 2.47. The Bertz CT molecular complexity index is 978. The molecular formula is C21H22FN5O. The Morgan fingerprint density at radius 3 is 2.57 bits per heavy atom. The Balaban J connectivity index is 1.60. The molecule has 0 spiro atoms. The molecule has 0 radical (unpaired) electrons. The molecule has 6 nitrogen and oxygen atoms in total. The third kappa shape index (κ3) is 3.89. The van der Waals surface area contributed by atoms with Crippen LogP contribution in [0.3, 0.4) is 0 Å². The van der Waals surface area contributed by atoms with Gasteiger partial charge in [0.15, 0.2) is 11.6 Å². The molecule has 1 aliphatic rings. The fourth-order valence-electron chi connectivity index (χ4n) is 3.12. The molecule has 1 fully saturated rings. The number of phenols is 1. The highest BCUT2D eigenvalue weighted by atomic mass is 19.1. The van der Waals surface area contributed by atoms with Crippen LogP contribution in [0.5, 0.6) is 5.75 Å². The van der Waals surface area contributed by atoms with E-state index in [1.165, 1.54) is 12.3 Å². The van der Waals surface area contributed by atoms with Gasteiger partial charge in [0.25, 0.3) is 0 Å². The minimum Gasteiger partial charge on any atom is -0.504 e. The molecule has 1 aromatic heterocycles. The molecule has 0 amide bonds. The molecule has 2 aromatic carbocycles. The van der Waals surface area contributed by atoms with Gasteiger partial charge in [0, 0.05) is 43.5 Å². The lowest BCUT2D eigenvalue weighted by Gasteiger charge is -2.30. The van der Waals surface area contributed by atoms with E-state index in [0.717, 1.165) is 31.9 Å². The predicted molar refractivity (Wildman–Crippen MR) is 107 cm³/mol. The highest BCUT2D eigenvalue weighted by Gasteiger charge is 2.14. The van der Waals surface area contributed by atoms with Crippen molar-refractivity contribution in [3.05, 3.63) is 66.1 Å². The Kier molecular flexibility index (Phi) is 5.08. The van der Waals surface area contributed by atoms with Crippen LogP contribution in [0.2, 0.25) is 0 Å². The van der Waals surface area contributed by atoms with Gasteiger partial charge in [-0.05, 0) is 37.4 Å². The number of rotatable bonds is 4. The van der Waals surface area contributed by atoms with E-state index in [1.54, 1.807) is 10.7 Å². The summed E-state index contributed by atoms with van der Waals surface area (Å²) in [4.78, 5) is 2.23. The number of hydrazone groups is 1. The Hall–Kier alpha value is -3.19. The fraction of sp³-hybridized carbons (Fsp3) is 0.238. The van der Waals surface area contributed by atoms with E-state index >= 15 is 0 Å². The molecule has 2 heterocycles. The molecule has 0 aliphatic carbocycles. The third-order valence-corrected chi connectivity index (χ3v) is 4.84. The van der Waals surface area contributed by atoms with Gasteiger partial charge >= 0.3 is 0 Å². The number of aromatic hydroxyl groups is 1. The largest absolute Gasteiger partial charge is 0.504 e. The van der Waals surface area contributed by atoms with E-state index in [1.807, 2.05) is 47.6 Å². The number of nitrogens with zero attached hydrogens (tertiary/aromatic N) is 5. The van der Waals surface area contributed by atoms with E-state index < -0.39 is 11.6 Å². The lowest BCUT2D eigenvalue weighted by atomic mass is 10.1. The Morgan fingerprint density at radius 2 is 1.82 bits per heavy atom. The number of benzene rings is 2. The smallest absolute Gasteiger partial charge is 0.166 e. The van der Waals surface area contributed by atoms with Crippen LogP contribution < -0.4 is 0 Å². The highest BCUT2D eigenvalue weighted by Crippen LogP contribution is 2.28. The van der Waals surface area contributed by atoms with Gasteiger partial charge in [-0.15, -0.1) is 0 Å². The van der Waals surface area contributed by atoms with Crippen LogP contribution in [0.4, 0.5) is 4.39 Å². The number of piperazine rings is 1. The number of halogens is 1. The van der Waals surface area contributed by atoms with Gasteiger partial charge in [-0.3, -0.25) is 5.01 Å². The van der Waals surface area contributed by atoms with Crippen molar-refractivity contribution >= 4 is 6.21 Å².